The molecular formula is C12H25NO. The Bertz CT molecular complexity index is 172. The molecule has 2 heteroatoms. The van der Waals surface area contributed by atoms with E-state index in [1.807, 2.05) is 0 Å². The highest BCUT2D eigenvalue weighted by Gasteiger charge is 2.36. The predicted octanol–water partition coefficient (Wildman–Crippen LogP) is 2.17. The van der Waals surface area contributed by atoms with Crippen LogP contribution in [-0.2, 0) is 0 Å². The summed E-state index contributed by atoms with van der Waals surface area (Å²) in [4.78, 5) is 0. The van der Waals surface area contributed by atoms with Crippen LogP contribution in [0.25, 0.3) is 0 Å². The average molecular weight is 199 g/mol. The largest absolute Gasteiger partial charge is 0.390 e. The summed E-state index contributed by atoms with van der Waals surface area (Å²) in [5, 5.41) is 13.8. The monoisotopic (exact) mass is 199 g/mol. The highest BCUT2D eigenvalue weighted by atomic mass is 16.3. The summed E-state index contributed by atoms with van der Waals surface area (Å²) < 4.78 is 0. The van der Waals surface area contributed by atoms with Gasteiger partial charge in [-0.15, -0.1) is 0 Å². The number of aliphatic hydroxyl groups is 1. The number of piperidine rings is 1. The Labute approximate surface area is 88.1 Å². The molecule has 0 amide bonds. The zero-order chi connectivity index (χ0) is 10.6. The molecule has 0 radical (unpaired) electrons. The van der Waals surface area contributed by atoms with Crippen molar-refractivity contribution >= 4 is 0 Å². The van der Waals surface area contributed by atoms with Crippen LogP contribution in [0.5, 0.6) is 0 Å². The van der Waals surface area contributed by atoms with Gasteiger partial charge in [0.2, 0.25) is 0 Å². The average Bonchev–Trinajstić information content (AvgIpc) is 2.10. The van der Waals surface area contributed by atoms with Crippen LogP contribution in [0.4, 0.5) is 0 Å². The fraction of sp³-hybridized carbons (Fsp3) is 1.00. The summed E-state index contributed by atoms with van der Waals surface area (Å²) in [7, 11) is 0. The van der Waals surface area contributed by atoms with E-state index in [0.717, 1.165) is 25.9 Å². The zero-order valence-electron chi connectivity index (χ0n) is 9.84. The second kappa shape index (κ2) is 5.13. The Hall–Kier alpha value is -0.0800. The molecule has 1 heterocycles. The Balaban J connectivity index is 2.46. The van der Waals surface area contributed by atoms with E-state index in [1.54, 1.807) is 0 Å². The van der Waals surface area contributed by atoms with Crippen LogP contribution < -0.4 is 5.32 Å². The molecule has 0 spiro atoms. The van der Waals surface area contributed by atoms with Gasteiger partial charge in [-0.05, 0) is 31.2 Å². The van der Waals surface area contributed by atoms with Crippen molar-refractivity contribution in [3.63, 3.8) is 0 Å². The molecular weight excluding hydrogens is 174 g/mol. The minimum Gasteiger partial charge on any atom is -0.390 e. The molecule has 2 nitrogen and oxygen atoms in total. The summed E-state index contributed by atoms with van der Waals surface area (Å²) >= 11 is 0. The summed E-state index contributed by atoms with van der Waals surface area (Å²) in [6.45, 7) is 8.57. The summed E-state index contributed by atoms with van der Waals surface area (Å²) in [5.74, 6) is 1.06. The van der Waals surface area contributed by atoms with Crippen LogP contribution in [-0.4, -0.2) is 23.8 Å². The van der Waals surface area contributed by atoms with Gasteiger partial charge < -0.3 is 10.4 Å². The third kappa shape index (κ3) is 2.96. The molecule has 1 aliphatic rings. The number of hydrogen-bond acceptors (Lipinski definition) is 2. The minimum absolute atomic E-state index is 0.399. The lowest BCUT2D eigenvalue weighted by atomic mass is 9.76. The molecule has 0 aromatic rings. The molecule has 3 unspecified atom stereocenters. The number of rotatable bonds is 4. The zero-order valence-corrected chi connectivity index (χ0v) is 9.84. The first-order chi connectivity index (χ1) is 6.58. The molecule has 0 saturated carbocycles. The molecule has 1 fully saturated rings. The molecule has 0 aromatic carbocycles. The Morgan fingerprint density at radius 2 is 2.29 bits per heavy atom. The van der Waals surface area contributed by atoms with Gasteiger partial charge >= 0.3 is 0 Å². The number of nitrogens with one attached hydrogen (secondary N) is 1. The van der Waals surface area contributed by atoms with Crippen molar-refractivity contribution in [3.05, 3.63) is 0 Å². The maximum atomic E-state index is 10.5. The SMILES string of the molecule is CCCC(C)CC1(O)CCNCC1C. The Kier molecular flexibility index (Phi) is 4.39. The fourth-order valence-corrected chi connectivity index (χ4v) is 2.56. The maximum absolute atomic E-state index is 10.5. The van der Waals surface area contributed by atoms with Gasteiger partial charge in [0.1, 0.15) is 0 Å². The van der Waals surface area contributed by atoms with Crippen LogP contribution in [0.2, 0.25) is 0 Å². The van der Waals surface area contributed by atoms with Crippen molar-refractivity contribution in [2.24, 2.45) is 11.8 Å². The van der Waals surface area contributed by atoms with Crippen molar-refractivity contribution in [3.8, 4) is 0 Å². The molecule has 2 N–H and O–H groups in total. The van der Waals surface area contributed by atoms with E-state index in [2.05, 4.69) is 26.1 Å². The van der Waals surface area contributed by atoms with Crippen molar-refractivity contribution in [2.45, 2.75) is 52.1 Å². The molecule has 0 bridgehead atoms. The molecule has 3 atom stereocenters. The molecule has 0 aliphatic carbocycles. The molecule has 1 saturated heterocycles. The second-order valence-electron chi connectivity index (χ2n) is 5.06. The first kappa shape index (κ1) is 12.0. The standard InChI is InChI=1S/C12H25NO/c1-4-5-10(2)8-12(14)6-7-13-9-11(12)3/h10-11,13-14H,4-9H2,1-3H3. The van der Waals surface area contributed by atoms with E-state index in [1.165, 1.54) is 12.8 Å². The van der Waals surface area contributed by atoms with Gasteiger partial charge in [-0.1, -0.05) is 33.6 Å². The van der Waals surface area contributed by atoms with Crippen molar-refractivity contribution in [1.82, 2.24) is 5.32 Å². The minimum atomic E-state index is -0.403. The maximum Gasteiger partial charge on any atom is 0.0699 e. The lowest BCUT2D eigenvalue weighted by molar-refractivity contribution is -0.0516. The molecule has 1 aliphatic heterocycles. The van der Waals surface area contributed by atoms with Gasteiger partial charge in [0, 0.05) is 6.54 Å². The molecule has 0 aromatic heterocycles. The second-order valence-corrected chi connectivity index (χ2v) is 5.06. The topological polar surface area (TPSA) is 32.3 Å². The molecule has 84 valence electrons. The quantitative estimate of drug-likeness (QED) is 0.727. The van der Waals surface area contributed by atoms with Crippen LogP contribution in [0.1, 0.15) is 46.5 Å². The third-order valence-corrected chi connectivity index (χ3v) is 3.59. The van der Waals surface area contributed by atoms with Gasteiger partial charge in [-0.2, -0.15) is 0 Å². The number of hydrogen-bond donors (Lipinski definition) is 2. The van der Waals surface area contributed by atoms with Crippen LogP contribution in [0.3, 0.4) is 0 Å². The Morgan fingerprint density at radius 1 is 1.57 bits per heavy atom. The summed E-state index contributed by atoms with van der Waals surface area (Å²) in [6, 6.07) is 0. The highest BCUT2D eigenvalue weighted by molar-refractivity contribution is 4.90. The third-order valence-electron chi connectivity index (χ3n) is 3.59. The highest BCUT2D eigenvalue weighted by Crippen LogP contribution is 2.32. The van der Waals surface area contributed by atoms with E-state index < -0.39 is 5.60 Å². The van der Waals surface area contributed by atoms with Crippen LogP contribution in [0.15, 0.2) is 0 Å². The van der Waals surface area contributed by atoms with Gasteiger partial charge in [0.15, 0.2) is 0 Å². The van der Waals surface area contributed by atoms with E-state index in [0.29, 0.717) is 11.8 Å². The lowest BCUT2D eigenvalue weighted by Crippen LogP contribution is -2.49. The van der Waals surface area contributed by atoms with E-state index in [9.17, 15) is 5.11 Å². The van der Waals surface area contributed by atoms with Crippen molar-refractivity contribution in [1.29, 1.82) is 0 Å². The Morgan fingerprint density at radius 3 is 2.86 bits per heavy atom. The van der Waals surface area contributed by atoms with Gasteiger partial charge in [0.25, 0.3) is 0 Å². The van der Waals surface area contributed by atoms with Gasteiger partial charge in [0.05, 0.1) is 5.60 Å². The fourth-order valence-electron chi connectivity index (χ4n) is 2.56. The van der Waals surface area contributed by atoms with E-state index in [-0.39, 0.29) is 0 Å². The summed E-state index contributed by atoms with van der Waals surface area (Å²) in [6.07, 6.45) is 4.36. The van der Waals surface area contributed by atoms with E-state index >= 15 is 0 Å². The smallest absolute Gasteiger partial charge is 0.0699 e. The van der Waals surface area contributed by atoms with Crippen LogP contribution >= 0.6 is 0 Å². The summed E-state index contributed by atoms with van der Waals surface area (Å²) in [5.41, 5.74) is -0.403. The van der Waals surface area contributed by atoms with Crippen molar-refractivity contribution < 1.29 is 5.11 Å². The predicted molar refractivity (Wildman–Crippen MR) is 60.3 cm³/mol. The normalized spacial score (nSPS) is 35.6. The van der Waals surface area contributed by atoms with Gasteiger partial charge in [-0.25, -0.2) is 0 Å². The lowest BCUT2D eigenvalue weighted by Gasteiger charge is -2.40. The van der Waals surface area contributed by atoms with Crippen LogP contribution in [0, 0.1) is 11.8 Å². The first-order valence-corrected chi connectivity index (χ1v) is 6.01. The molecule has 14 heavy (non-hydrogen) atoms. The first-order valence-electron chi connectivity index (χ1n) is 6.01. The van der Waals surface area contributed by atoms with E-state index in [4.69, 9.17) is 0 Å². The molecule has 1 rings (SSSR count). The van der Waals surface area contributed by atoms with Crippen molar-refractivity contribution in [2.75, 3.05) is 13.1 Å². The van der Waals surface area contributed by atoms with Gasteiger partial charge in [-0.3, -0.25) is 0 Å².